The van der Waals surface area contributed by atoms with Crippen molar-refractivity contribution in [1.29, 1.82) is 0 Å². The van der Waals surface area contributed by atoms with E-state index in [0.717, 1.165) is 18.3 Å². The largest absolute Gasteiger partial charge is 0.457 e. The number of rotatable bonds is 6. The number of nitrogens with one attached hydrogen (secondary N) is 4. The highest BCUT2D eigenvalue weighted by molar-refractivity contribution is 6.31. The summed E-state index contributed by atoms with van der Waals surface area (Å²) in [6, 6.07) is 9.68. The molecule has 0 spiro atoms. The molecule has 1 aliphatic carbocycles. The maximum atomic E-state index is 13.8. The highest BCUT2D eigenvalue weighted by atomic mass is 35.5. The summed E-state index contributed by atoms with van der Waals surface area (Å²) in [5.41, 5.74) is -3.60. The Morgan fingerprint density at radius 2 is 1.44 bits per heavy atom. The molecule has 1 atom stereocenters. The predicted octanol–water partition coefficient (Wildman–Crippen LogP) is 7.95. The Morgan fingerprint density at radius 1 is 0.792 bits per heavy atom. The molecule has 0 saturated heterocycles. The van der Waals surface area contributed by atoms with E-state index >= 15 is 0 Å². The number of allylic oxidation sites excluding steroid dienone is 3. The number of urea groups is 1. The lowest BCUT2D eigenvalue weighted by Crippen LogP contribution is -2.55. The SMILES string of the molecule is O=C(Nc1ccc(Oc2ccnc(C(=O)NNC(=O)C3(C(F)(F)F)C=CC=C(C(F)(F)F)C3)c2)cc1)Nc1ccc(Cl)c(C(F)(F)F)c1. The van der Waals surface area contributed by atoms with Crippen LogP contribution in [-0.2, 0) is 11.0 Å². The van der Waals surface area contributed by atoms with Crippen LogP contribution in [0.2, 0.25) is 5.02 Å². The third-order valence-electron chi connectivity index (χ3n) is 6.55. The van der Waals surface area contributed by atoms with Crippen molar-refractivity contribution in [2.75, 3.05) is 10.6 Å². The highest BCUT2D eigenvalue weighted by Gasteiger charge is 2.61. The number of alkyl halides is 9. The Morgan fingerprint density at radius 3 is 2.06 bits per heavy atom. The molecule has 4 N–H and O–H groups in total. The van der Waals surface area contributed by atoms with Crippen LogP contribution in [0.1, 0.15) is 22.5 Å². The molecule has 48 heavy (non-hydrogen) atoms. The number of amides is 4. The number of hydrogen-bond acceptors (Lipinski definition) is 5. The van der Waals surface area contributed by atoms with E-state index in [1.54, 1.807) is 5.43 Å². The van der Waals surface area contributed by atoms with Gasteiger partial charge in [-0.05, 0) is 48.5 Å². The average Bonchev–Trinajstić information content (AvgIpc) is 3.00. The molecule has 3 aromatic rings. The molecule has 9 nitrogen and oxygen atoms in total. The molecule has 0 saturated carbocycles. The first-order valence-corrected chi connectivity index (χ1v) is 13.5. The van der Waals surface area contributed by atoms with E-state index in [0.29, 0.717) is 18.2 Å². The maximum Gasteiger partial charge on any atom is 0.417 e. The van der Waals surface area contributed by atoms with Crippen LogP contribution in [0.4, 0.5) is 55.7 Å². The Labute approximate surface area is 268 Å². The van der Waals surface area contributed by atoms with Gasteiger partial charge in [0.2, 0.25) is 0 Å². The van der Waals surface area contributed by atoms with Crippen molar-refractivity contribution in [2.24, 2.45) is 5.41 Å². The number of ether oxygens (including phenoxy) is 1. The lowest BCUT2D eigenvalue weighted by atomic mass is 9.76. The second-order valence-corrected chi connectivity index (χ2v) is 10.3. The molecule has 0 radical (unpaired) electrons. The van der Waals surface area contributed by atoms with Gasteiger partial charge < -0.3 is 15.4 Å². The lowest BCUT2D eigenvalue weighted by molar-refractivity contribution is -0.210. The van der Waals surface area contributed by atoms with E-state index in [4.69, 9.17) is 16.3 Å². The summed E-state index contributed by atoms with van der Waals surface area (Å²) < 4.78 is 126. The van der Waals surface area contributed by atoms with Crippen molar-refractivity contribution in [3.63, 3.8) is 0 Å². The van der Waals surface area contributed by atoms with Gasteiger partial charge in [0.25, 0.3) is 11.8 Å². The minimum absolute atomic E-state index is 0.0231. The minimum Gasteiger partial charge on any atom is -0.457 e. The Hall–Kier alpha value is -5.26. The van der Waals surface area contributed by atoms with Gasteiger partial charge in [-0.2, -0.15) is 39.5 Å². The van der Waals surface area contributed by atoms with Crippen molar-refractivity contribution >= 4 is 40.8 Å². The monoisotopic (exact) mass is 707 g/mol. The van der Waals surface area contributed by atoms with Gasteiger partial charge in [-0.1, -0.05) is 29.8 Å². The molecule has 1 heterocycles. The average molecular weight is 708 g/mol. The van der Waals surface area contributed by atoms with E-state index in [-0.39, 0.29) is 28.9 Å². The number of benzene rings is 2. The van der Waals surface area contributed by atoms with Gasteiger partial charge in [-0.15, -0.1) is 0 Å². The van der Waals surface area contributed by atoms with Crippen molar-refractivity contribution in [3.05, 3.63) is 101 Å². The van der Waals surface area contributed by atoms with Crippen LogP contribution in [0.3, 0.4) is 0 Å². The summed E-state index contributed by atoms with van der Waals surface area (Å²) in [4.78, 5) is 41.0. The summed E-state index contributed by atoms with van der Waals surface area (Å²) in [5, 5.41) is 4.08. The van der Waals surface area contributed by atoms with E-state index in [9.17, 15) is 53.9 Å². The van der Waals surface area contributed by atoms with Crippen molar-refractivity contribution < 1.29 is 58.6 Å². The molecule has 0 aliphatic heterocycles. The summed E-state index contributed by atoms with van der Waals surface area (Å²) in [6.07, 6.45) is -14.9. The second-order valence-electron chi connectivity index (χ2n) is 9.88. The molecule has 1 aliphatic rings. The zero-order valence-corrected chi connectivity index (χ0v) is 24.3. The number of carbonyl (C=O) groups is 3. The molecular formula is C29H19ClF9N5O4. The molecule has 19 heteroatoms. The van der Waals surface area contributed by atoms with Crippen molar-refractivity contribution in [3.8, 4) is 11.5 Å². The van der Waals surface area contributed by atoms with Crippen LogP contribution >= 0.6 is 11.6 Å². The van der Waals surface area contributed by atoms with Crippen LogP contribution in [0, 0.1) is 5.41 Å². The maximum absolute atomic E-state index is 13.8. The molecule has 0 bridgehead atoms. The van der Waals surface area contributed by atoms with Gasteiger partial charge >= 0.3 is 24.6 Å². The normalized spacial score (nSPS) is 16.4. The minimum atomic E-state index is -5.46. The van der Waals surface area contributed by atoms with Crippen LogP contribution in [0.5, 0.6) is 11.5 Å². The van der Waals surface area contributed by atoms with Gasteiger partial charge in [0, 0.05) is 35.6 Å². The lowest BCUT2D eigenvalue weighted by Gasteiger charge is -2.34. The number of carbonyl (C=O) groups excluding carboxylic acids is 3. The Bertz CT molecular complexity index is 1770. The van der Waals surface area contributed by atoms with Crippen molar-refractivity contribution in [2.45, 2.75) is 24.9 Å². The zero-order chi connectivity index (χ0) is 35.5. The molecule has 1 aromatic heterocycles. The van der Waals surface area contributed by atoms with Gasteiger partial charge in [0.05, 0.1) is 10.6 Å². The molecule has 4 rings (SSSR count). The highest BCUT2D eigenvalue weighted by Crippen LogP contribution is 2.49. The van der Waals surface area contributed by atoms with Crippen molar-refractivity contribution in [1.82, 2.24) is 15.8 Å². The van der Waals surface area contributed by atoms with Crippen LogP contribution in [0.25, 0.3) is 0 Å². The first-order valence-electron chi connectivity index (χ1n) is 13.1. The summed E-state index contributed by atoms with van der Waals surface area (Å²) in [5.74, 6) is -3.08. The van der Waals surface area contributed by atoms with Gasteiger partial charge in [-0.25, -0.2) is 4.79 Å². The first-order chi connectivity index (χ1) is 22.3. The topological polar surface area (TPSA) is 121 Å². The second kappa shape index (κ2) is 13.5. The molecule has 254 valence electrons. The quantitative estimate of drug-likeness (QED) is 0.153. The van der Waals surface area contributed by atoms with E-state index < -0.39 is 70.1 Å². The predicted molar refractivity (Wildman–Crippen MR) is 152 cm³/mol. The number of nitrogens with zero attached hydrogens (tertiary/aromatic N) is 1. The number of halogens is 10. The van der Waals surface area contributed by atoms with Crippen LogP contribution in [0.15, 0.2) is 84.6 Å². The van der Waals surface area contributed by atoms with E-state index in [2.05, 4.69) is 15.6 Å². The number of pyridine rings is 1. The molecule has 1 unspecified atom stereocenters. The van der Waals surface area contributed by atoms with Gasteiger partial charge in [0.1, 0.15) is 17.2 Å². The molecular weight excluding hydrogens is 689 g/mol. The molecule has 2 aromatic carbocycles. The van der Waals surface area contributed by atoms with Gasteiger partial charge in [0.15, 0.2) is 5.41 Å². The fourth-order valence-electron chi connectivity index (χ4n) is 4.16. The van der Waals surface area contributed by atoms with E-state index in [1.807, 2.05) is 0 Å². The first kappa shape index (κ1) is 35.6. The third kappa shape index (κ3) is 8.36. The number of anilines is 2. The number of hydrazine groups is 1. The smallest absolute Gasteiger partial charge is 0.417 e. The Balaban J connectivity index is 1.36. The number of aromatic nitrogens is 1. The summed E-state index contributed by atoms with van der Waals surface area (Å²) in [6.45, 7) is 0. The third-order valence-corrected chi connectivity index (χ3v) is 6.88. The summed E-state index contributed by atoms with van der Waals surface area (Å²) in [7, 11) is 0. The number of hydrogen-bond donors (Lipinski definition) is 4. The van der Waals surface area contributed by atoms with Crippen LogP contribution in [-0.4, -0.2) is 35.2 Å². The Kier molecular flexibility index (Phi) is 9.98. The standard InChI is InChI=1S/C29H19ClF9N5O4/c30-21-8-5-17(12-20(21)28(34,35)36)42-25(47)41-16-3-6-18(7-4-16)48-19-9-11-40-22(13-19)23(45)43-44-24(46)26(29(37,38)39)10-1-2-15(14-26)27(31,32)33/h1-13H,14H2,(H,43,45)(H,44,46)(H2,41,42,47). The molecule has 4 amide bonds. The zero-order valence-electron chi connectivity index (χ0n) is 23.6. The van der Waals surface area contributed by atoms with Gasteiger partial charge in [-0.3, -0.25) is 25.4 Å². The van der Waals surface area contributed by atoms with E-state index in [1.165, 1.54) is 41.8 Å². The molecule has 0 fully saturated rings. The fraction of sp³-hybridized carbons (Fsp3) is 0.172. The summed E-state index contributed by atoms with van der Waals surface area (Å²) >= 11 is 5.56. The van der Waals surface area contributed by atoms with Crippen LogP contribution < -0.4 is 26.2 Å². The fourth-order valence-corrected chi connectivity index (χ4v) is 4.39.